The number of hydrogen-bond donors (Lipinski definition) is 1. The second kappa shape index (κ2) is 4.41. The van der Waals surface area contributed by atoms with Crippen LogP contribution in [-0.2, 0) is 0 Å². The zero-order chi connectivity index (χ0) is 12.4. The Hall–Kier alpha value is -2.10. The SMILES string of the molecule is CC(C)c1ccnn1-c1ccccc1C(=O)O. The van der Waals surface area contributed by atoms with E-state index in [0.29, 0.717) is 11.6 Å². The van der Waals surface area contributed by atoms with E-state index in [1.807, 2.05) is 12.1 Å². The van der Waals surface area contributed by atoms with Crippen LogP contribution in [0.5, 0.6) is 0 Å². The van der Waals surface area contributed by atoms with Gasteiger partial charge in [-0.05, 0) is 24.1 Å². The molecule has 17 heavy (non-hydrogen) atoms. The van der Waals surface area contributed by atoms with Crippen LogP contribution in [-0.4, -0.2) is 20.9 Å². The van der Waals surface area contributed by atoms with Gasteiger partial charge in [-0.25, -0.2) is 9.48 Å². The third kappa shape index (κ3) is 2.06. The number of aromatic nitrogens is 2. The van der Waals surface area contributed by atoms with Crippen LogP contribution in [0.25, 0.3) is 5.69 Å². The van der Waals surface area contributed by atoms with Crippen molar-refractivity contribution in [2.24, 2.45) is 0 Å². The van der Waals surface area contributed by atoms with Crippen LogP contribution in [0.4, 0.5) is 0 Å². The molecule has 0 unspecified atom stereocenters. The van der Waals surface area contributed by atoms with E-state index >= 15 is 0 Å². The maximum Gasteiger partial charge on any atom is 0.337 e. The van der Waals surface area contributed by atoms with Crippen LogP contribution in [0.1, 0.15) is 35.8 Å². The Balaban J connectivity index is 2.60. The molecule has 2 aromatic rings. The minimum Gasteiger partial charge on any atom is -0.478 e. The van der Waals surface area contributed by atoms with Gasteiger partial charge in [0.15, 0.2) is 0 Å². The van der Waals surface area contributed by atoms with E-state index < -0.39 is 5.97 Å². The van der Waals surface area contributed by atoms with Crippen molar-refractivity contribution in [3.63, 3.8) is 0 Å². The Kier molecular flexibility index (Phi) is 2.95. The highest BCUT2D eigenvalue weighted by Gasteiger charge is 2.15. The number of carboxylic acid groups (broad SMARTS) is 1. The molecule has 0 aliphatic carbocycles. The number of nitrogens with zero attached hydrogens (tertiary/aromatic N) is 2. The topological polar surface area (TPSA) is 55.1 Å². The van der Waals surface area contributed by atoms with E-state index in [9.17, 15) is 4.79 Å². The normalized spacial score (nSPS) is 10.8. The molecule has 1 N–H and O–H groups in total. The lowest BCUT2D eigenvalue weighted by Crippen LogP contribution is -2.09. The van der Waals surface area contributed by atoms with Gasteiger partial charge in [0, 0.05) is 11.9 Å². The molecule has 0 aliphatic heterocycles. The molecule has 1 aromatic carbocycles. The van der Waals surface area contributed by atoms with E-state index in [1.54, 1.807) is 29.1 Å². The molecule has 0 saturated carbocycles. The Bertz CT molecular complexity index is 544. The molecule has 0 bridgehead atoms. The molecule has 4 heteroatoms. The first-order valence-corrected chi connectivity index (χ1v) is 5.48. The van der Waals surface area contributed by atoms with Crippen LogP contribution in [0.15, 0.2) is 36.5 Å². The fourth-order valence-corrected chi connectivity index (χ4v) is 1.79. The summed E-state index contributed by atoms with van der Waals surface area (Å²) >= 11 is 0. The summed E-state index contributed by atoms with van der Waals surface area (Å²) in [5.41, 5.74) is 1.87. The first-order valence-electron chi connectivity index (χ1n) is 5.48. The Morgan fingerprint density at radius 1 is 1.29 bits per heavy atom. The highest BCUT2D eigenvalue weighted by Crippen LogP contribution is 2.20. The lowest BCUT2D eigenvalue weighted by atomic mass is 10.1. The van der Waals surface area contributed by atoms with Gasteiger partial charge in [0.1, 0.15) is 0 Å². The molecule has 1 heterocycles. The summed E-state index contributed by atoms with van der Waals surface area (Å²) in [5, 5.41) is 13.4. The van der Waals surface area contributed by atoms with Gasteiger partial charge in [0.05, 0.1) is 11.3 Å². The molecule has 0 amide bonds. The van der Waals surface area contributed by atoms with Crippen LogP contribution < -0.4 is 0 Å². The molecular weight excluding hydrogens is 216 g/mol. The summed E-state index contributed by atoms with van der Waals surface area (Å²) in [4.78, 5) is 11.2. The van der Waals surface area contributed by atoms with Crippen LogP contribution in [0, 0.1) is 0 Å². The van der Waals surface area contributed by atoms with E-state index in [1.165, 1.54) is 0 Å². The largest absolute Gasteiger partial charge is 0.478 e. The van der Waals surface area contributed by atoms with Gasteiger partial charge in [-0.15, -0.1) is 0 Å². The van der Waals surface area contributed by atoms with Crippen molar-refractivity contribution in [1.29, 1.82) is 0 Å². The summed E-state index contributed by atoms with van der Waals surface area (Å²) in [6, 6.07) is 8.79. The van der Waals surface area contributed by atoms with Crippen molar-refractivity contribution in [3.8, 4) is 5.69 Å². The van der Waals surface area contributed by atoms with E-state index in [-0.39, 0.29) is 5.56 Å². The standard InChI is InChI=1S/C13H14N2O2/c1-9(2)11-7-8-14-15(11)12-6-4-3-5-10(12)13(16)17/h3-9H,1-2H3,(H,16,17). The predicted molar refractivity (Wildman–Crippen MR) is 64.6 cm³/mol. The van der Waals surface area contributed by atoms with Crippen molar-refractivity contribution < 1.29 is 9.90 Å². The predicted octanol–water partition coefficient (Wildman–Crippen LogP) is 2.69. The minimum atomic E-state index is -0.939. The monoisotopic (exact) mass is 230 g/mol. The van der Waals surface area contributed by atoms with Gasteiger partial charge in [-0.3, -0.25) is 0 Å². The van der Waals surface area contributed by atoms with Crippen molar-refractivity contribution >= 4 is 5.97 Å². The average molecular weight is 230 g/mol. The average Bonchev–Trinajstić information content (AvgIpc) is 2.77. The summed E-state index contributed by atoms with van der Waals surface area (Å²) in [6.45, 7) is 4.10. The summed E-state index contributed by atoms with van der Waals surface area (Å²) in [6.07, 6.45) is 1.69. The zero-order valence-corrected chi connectivity index (χ0v) is 9.79. The van der Waals surface area contributed by atoms with Crippen molar-refractivity contribution in [2.75, 3.05) is 0 Å². The fraction of sp³-hybridized carbons (Fsp3) is 0.231. The quantitative estimate of drug-likeness (QED) is 0.882. The third-order valence-electron chi connectivity index (χ3n) is 2.63. The van der Waals surface area contributed by atoms with Crippen molar-refractivity contribution in [3.05, 3.63) is 47.8 Å². The van der Waals surface area contributed by atoms with Crippen molar-refractivity contribution in [2.45, 2.75) is 19.8 Å². The number of carbonyl (C=O) groups is 1. The van der Waals surface area contributed by atoms with E-state index in [0.717, 1.165) is 5.69 Å². The smallest absolute Gasteiger partial charge is 0.337 e. The van der Waals surface area contributed by atoms with Crippen LogP contribution >= 0.6 is 0 Å². The Labute approximate surface area is 99.5 Å². The van der Waals surface area contributed by atoms with Gasteiger partial charge in [-0.1, -0.05) is 26.0 Å². The Morgan fingerprint density at radius 3 is 2.65 bits per heavy atom. The molecule has 4 nitrogen and oxygen atoms in total. The maximum atomic E-state index is 11.2. The van der Waals surface area contributed by atoms with Gasteiger partial charge >= 0.3 is 5.97 Å². The van der Waals surface area contributed by atoms with E-state index in [4.69, 9.17) is 5.11 Å². The fourth-order valence-electron chi connectivity index (χ4n) is 1.79. The Morgan fingerprint density at radius 2 is 2.00 bits per heavy atom. The second-order valence-corrected chi connectivity index (χ2v) is 4.14. The first kappa shape index (κ1) is 11.4. The first-order chi connectivity index (χ1) is 8.11. The summed E-state index contributed by atoms with van der Waals surface area (Å²) < 4.78 is 1.69. The molecule has 88 valence electrons. The molecule has 0 spiro atoms. The highest BCUT2D eigenvalue weighted by atomic mass is 16.4. The van der Waals surface area contributed by atoms with Gasteiger partial charge in [-0.2, -0.15) is 5.10 Å². The highest BCUT2D eigenvalue weighted by molar-refractivity contribution is 5.91. The zero-order valence-electron chi connectivity index (χ0n) is 9.79. The lowest BCUT2D eigenvalue weighted by molar-refractivity contribution is 0.0696. The third-order valence-corrected chi connectivity index (χ3v) is 2.63. The van der Waals surface area contributed by atoms with Gasteiger partial charge in [0.2, 0.25) is 0 Å². The van der Waals surface area contributed by atoms with Gasteiger partial charge < -0.3 is 5.11 Å². The van der Waals surface area contributed by atoms with Crippen molar-refractivity contribution in [1.82, 2.24) is 9.78 Å². The molecule has 0 fully saturated rings. The molecular formula is C13H14N2O2. The lowest BCUT2D eigenvalue weighted by Gasteiger charge is -2.12. The molecule has 0 radical (unpaired) electrons. The molecule has 0 aliphatic rings. The number of para-hydroxylation sites is 1. The second-order valence-electron chi connectivity index (χ2n) is 4.14. The number of carboxylic acids is 1. The number of benzene rings is 1. The molecule has 0 saturated heterocycles. The summed E-state index contributed by atoms with van der Waals surface area (Å²) in [5.74, 6) is -0.648. The maximum absolute atomic E-state index is 11.2. The molecule has 1 aromatic heterocycles. The number of aromatic carboxylic acids is 1. The number of rotatable bonds is 3. The summed E-state index contributed by atoms with van der Waals surface area (Å²) in [7, 11) is 0. The number of hydrogen-bond acceptors (Lipinski definition) is 2. The van der Waals surface area contributed by atoms with E-state index in [2.05, 4.69) is 18.9 Å². The minimum absolute atomic E-state index is 0.262. The van der Waals surface area contributed by atoms with Crippen LogP contribution in [0.3, 0.4) is 0 Å². The molecule has 0 atom stereocenters. The molecule has 2 rings (SSSR count). The van der Waals surface area contributed by atoms with Crippen LogP contribution in [0.2, 0.25) is 0 Å². The van der Waals surface area contributed by atoms with Gasteiger partial charge in [0.25, 0.3) is 0 Å².